The largest absolute Gasteiger partial charge is 0.494 e. The number of allylic oxidation sites excluding steroid dienone is 1. The molecule has 2 N–H and O–H groups in total. The molecule has 2 aromatic carbocycles. The molecule has 0 radical (unpaired) electrons. The van der Waals surface area contributed by atoms with Gasteiger partial charge < -0.3 is 15.4 Å². The van der Waals surface area contributed by atoms with Crippen molar-refractivity contribution in [3.05, 3.63) is 64.9 Å². The van der Waals surface area contributed by atoms with Gasteiger partial charge in [-0.2, -0.15) is 0 Å². The van der Waals surface area contributed by atoms with E-state index in [0.29, 0.717) is 13.0 Å². The van der Waals surface area contributed by atoms with E-state index in [-0.39, 0.29) is 23.2 Å². The van der Waals surface area contributed by atoms with Crippen LogP contribution in [0.25, 0.3) is 0 Å². The van der Waals surface area contributed by atoms with Crippen molar-refractivity contribution in [2.24, 2.45) is 11.3 Å². The number of rotatable bonds is 4. The molecule has 4 rings (SSSR count). The van der Waals surface area contributed by atoms with Crippen molar-refractivity contribution in [2.75, 3.05) is 17.2 Å². The van der Waals surface area contributed by atoms with E-state index in [1.54, 1.807) is 0 Å². The van der Waals surface area contributed by atoms with Gasteiger partial charge in [-0.25, -0.2) is 0 Å². The van der Waals surface area contributed by atoms with Gasteiger partial charge in [0.1, 0.15) is 11.5 Å². The number of nitrogens with one attached hydrogen (secondary N) is 2. The molecule has 0 unspecified atom stereocenters. The molecule has 0 aromatic heterocycles. The summed E-state index contributed by atoms with van der Waals surface area (Å²) < 4.78 is 5.75. The van der Waals surface area contributed by atoms with E-state index in [2.05, 4.69) is 75.6 Å². The van der Waals surface area contributed by atoms with Crippen molar-refractivity contribution < 1.29 is 9.53 Å². The summed E-state index contributed by atoms with van der Waals surface area (Å²) in [4.78, 5) is 13.3. The third kappa shape index (κ3) is 3.96. The van der Waals surface area contributed by atoms with Crippen LogP contribution in [0.15, 0.2) is 48.2 Å². The monoisotopic (exact) mass is 404 g/mol. The smallest absolute Gasteiger partial charge is 0.145 e. The first-order valence-electron chi connectivity index (χ1n) is 10.9. The Balaban J connectivity index is 1.79. The van der Waals surface area contributed by atoms with Gasteiger partial charge in [-0.1, -0.05) is 39.0 Å². The molecule has 0 saturated carbocycles. The highest BCUT2D eigenvalue weighted by Gasteiger charge is 2.41. The van der Waals surface area contributed by atoms with Crippen molar-refractivity contribution in [1.82, 2.24) is 0 Å². The first kappa shape index (κ1) is 20.5. The van der Waals surface area contributed by atoms with Gasteiger partial charge in [-0.05, 0) is 66.6 Å². The maximum atomic E-state index is 13.3. The zero-order valence-corrected chi connectivity index (χ0v) is 18.6. The minimum absolute atomic E-state index is 0.129. The number of Topliss-reactive ketones (excluding diaryl/α,β-unsaturated/α-hetero) is 1. The van der Waals surface area contributed by atoms with Gasteiger partial charge in [-0.3, -0.25) is 4.79 Å². The summed E-state index contributed by atoms with van der Waals surface area (Å²) in [6.07, 6.45) is 3.78. The maximum absolute atomic E-state index is 13.3. The molecule has 1 aliphatic carbocycles. The predicted octanol–water partition coefficient (Wildman–Crippen LogP) is 6.17. The number of anilines is 2. The van der Waals surface area contributed by atoms with E-state index in [1.807, 2.05) is 12.1 Å². The Bertz CT molecular complexity index is 989. The molecule has 0 saturated heterocycles. The average molecular weight is 405 g/mol. The van der Waals surface area contributed by atoms with E-state index >= 15 is 0 Å². The van der Waals surface area contributed by atoms with Crippen molar-refractivity contribution in [3.8, 4) is 5.75 Å². The van der Waals surface area contributed by atoms with Gasteiger partial charge in [0, 0.05) is 12.1 Å². The Morgan fingerprint density at radius 3 is 2.40 bits per heavy atom. The van der Waals surface area contributed by atoms with Gasteiger partial charge in [0.05, 0.1) is 29.9 Å². The zero-order chi connectivity index (χ0) is 21.5. The predicted molar refractivity (Wildman–Crippen MR) is 123 cm³/mol. The summed E-state index contributed by atoms with van der Waals surface area (Å²) in [5.41, 5.74) is 6.48. The van der Waals surface area contributed by atoms with Crippen molar-refractivity contribution in [3.63, 3.8) is 0 Å². The number of benzene rings is 2. The second-order valence-electron chi connectivity index (χ2n) is 9.36. The van der Waals surface area contributed by atoms with Crippen LogP contribution >= 0.6 is 0 Å². The van der Waals surface area contributed by atoms with Gasteiger partial charge >= 0.3 is 0 Å². The first-order valence-corrected chi connectivity index (χ1v) is 10.9. The number of hydrogen-bond donors (Lipinski definition) is 2. The summed E-state index contributed by atoms with van der Waals surface area (Å²) >= 11 is 0. The molecular formula is C26H32N2O2. The van der Waals surface area contributed by atoms with Gasteiger partial charge in [-0.15, -0.1) is 0 Å². The van der Waals surface area contributed by atoms with Crippen LogP contribution in [0.5, 0.6) is 5.75 Å². The van der Waals surface area contributed by atoms with Crippen LogP contribution in [0.2, 0.25) is 0 Å². The van der Waals surface area contributed by atoms with Crippen LogP contribution in [-0.2, 0) is 4.79 Å². The number of ketones is 1. The SMILES string of the molecule is CCCOc1ccc([C@@H]2Nc3cc(C)c(C)cc3NC3=CC(C)(C)CC(=O)[C@H]32)cc1. The van der Waals surface area contributed by atoms with E-state index in [0.717, 1.165) is 34.8 Å². The highest BCUT2D eigenvalue weighted by atomic mass is 16.5. The Morgan fingerprint density at radius 1 is 1.07 bits per heavy atom. The fourth-order valence-corrected chi connectivity index (χ4v) is 4.49. The highest BCUT2D eigenvalue weighted by Crippen LogP contribution is 2.46. The number of ether oxygens (including phenoxy) is 1. The lowest BCUT2D eigenvalue weighted by Crippen LogP contribution is -2.36. The molecule has 2 aromatic rings. The number of carbonyl (C=O) groups is 1. The summed E-state index contributed by atoms with van der Waals surface area (Å²) in [6, 6.07) is 12.4. The van der Waals surface area contributed by atoms with E-state index < -0.39 is 0 Å². The third-order valence-electron chi connectivity index (χ3n) is 6.13. The maximum Gasteiger partial charge on any atom is 0.145 e. The minimum Gasteiger partial charge on any atom is -0.494 e. The van der Waals surface area contributed by atoms with Crippen molar-refractivity contribution in [1.29, 1.82) is 0 Å². The fraction of sp³-hybridized carbons (Fsp3) is 0.423. The van der Waals surface area contributed by atoms with Crippen molar-refractivity contribution >= 4 is 17.2 Å². The van der Waals surface area contributed by atoms with Crippen molar-refractivity contribution in [2.45, 2.75) is 53.5 Å². The number of aryl methyl sites for hydroxylation is 2. The Hall–Kier alpha value is -2.75. The van der Waals surface area contributed by atoms with E-state index in [1.165, 1.54) is 11.1 Å². The van der Waals surface area contributed by atoms with Crippen LogP contribution in [0.1, 0.15) is 56.3 Å². The Labute approximate surface area is 179 Å². The summed E-state index contributed by atoms with van der Waals surface area (Å²) in [7, 11) is 0. The molecule has 0 amide bonds. The molecule has 0 fully saturated rings. The molecule has 2 atom stereocenters. The number of fused-ring (bicyclic) bond motifs is 2. The topological polar surface area (TPSA) is 50.4 Å². The van der Waals surface area contributed by atoms with Crippen LogP contribution in [0.3, 0.4) is 0 Å². The Kier molecular flexibility index (Phi) is 5.35. The molecular weight excluding hydrogens is 372 g/mol. The molecule has 4 nitrogen and oxygen atoms in total. The standard InChI is InChI=1S/C26H32N2O2/c1-6-11-30-19-9-7-18(8-10-19)25-24-22(14-26(4,5)15-23(24)29)27-20-12-16(2)17(3)13-21(20)28-25/h7-10,12-14,24-25,27-28H,6,11,15H2,1-5H3/t24-,25-/m0/s1. The molecule has 158 valence electrons. The zero-order valence-electron chi connectivity index (χ0n) is 18.6. The molecule has 1 heterocycles. The lowest BCUT2D eigenvalue weighted by atomic mass is 9.72. The first-order chi connectivity index (χ1) is 14.3. The van der Waals surface area contributed by atoms with Crippen LogP contribution in [0.4, 0.5) is 11.4 Å². The third-order valence-corrected chi connectivity index (χ3v) is 6.13. The lowest BCUT2D eigenvalue weighted by Gasteiger charge is -2.35. The van der Waals surface area contributed by atoms with E-state index in [4.69, 9.17) is 4.74 Å². The van der Waals surface area contributed by atoms with E-state index in [9.17, 15) is 4.79 Å². The fourth-order valence-electron chi connectivity index (χ4n) is 4.49. The number of hydrogen-bond acceptors (Lipinski definition) is 4. The molecule has 2 aliphatic rings. The lowest BCUT2D eigenvalue weighted by molar-refractivity contribution is -0.124. The summed E-state index contributed by atoms with van der Waals surface area (Å²) in [5, 5.41) is 7.31. The average Bonchev–Trinajstić information content (AvgIpc) is 2.83. The molecule has 30 heavy (non-hydrogen) atoms. The molecule has 0 spiro atoms. The van der Waals surface area contributed by atoms with Crippen LogP contribution in [0, 0.1) is 25.2 Å². The quantitative estimate of drug-likeness (QED) is 0.640. The Morgan fingerprint density at radius 2 is 1.73 bits per heavy atom. The summed E-state index contributed by atoms with van der Waals surface area (Å²) in [5.74, 6) is 0.898. The summed E-state index contributed by atoms with van der Waals surface area (Å²) in [6.45, 7) is 11.3. The normalized spacial score (nSPS) is 22.0. The molecule has 0 bridgehead atoms. The van der Waals surface area contributed by atoms with Crippen LogP contribution in [-0.4, -0.2) is 12.4 Å². The number of carbonyl (C=O) groups excluding carboxylic acids is 1. The van der Waals surface area contributed by atoms with Gasteiger partial charge in [0.15, 0.2) is 0 Å². The second-order valence-corrected chi connectivity index (χ2v) is 9.36. The molecule has 1 aliphatic heterocycles. The second kappa shape index (κ2) is 7.82. The molecule has 4 heteroatoms. The van der Waals surface area contributed by atoms with Gasteiger partial charge in [0.2, 0.25) is 0 Å². The highest BCUT2D eigenvalue weighted by molar-refractivity contribution is 5.90. The minimum atomic E-state index is -0.242. The van der Waals surface area contributed by atoms with Gasteiger partial charge in [0.25, 0.3) is 0 Å². The van der Waals surface area contributed by atoms with Crippen LogP contribution < -0.4 is 15.4 Å².